The van der Waals surface area contributed by atoms with Crippen LogP contribution in [-0.2, 0) is 0 Å². The molecule has 0 radical (unpaired) electrons. The summed E-state index contributed by atoms with van der Waals surface area (Å²) in [5.74, 6) is 0. The molecular weight excluding hydrogens is 250 g/mol. The molecule has 1 atom stereocenters. The number of fused-ring (bicyclic) bond motifs is 1. The summed E-state index contributed by atoms with van der Waals surface area (Å²) in [7, 11) is -0.457. The fourth-order valence-corrected chi connectivity index (χ4v) is 4.57. The van der Waals surface area contributed by atoms with Gasteiger partial charge in [0.2, 0.25) is 0 Å². The molecule has 17 heavy (non-hydrogen) atoms. The molecule has 2 aromatic carbocycles. The zero-order valence-electron chi connectivity index (χ0n) is 9.10. The molecule has 0 saturated heterocycles. The molecule has 1 aliphatic heterocycles. The highest BCUT2D eigenvalue weighted by Crippen LogP contribution is 2.54. The SMILES string of the molecule is Nc1ccc([SH]2C=Cc3ccccc32)c(Cl)c1. The molecule has 0 saturated carbocycles. The number of rotatable bonds is 1. The highest BCUT2D eigenvalue weighted by molar-refractivity contribution is 8.20. The monoisotopic (exact) mass is 261 g/mol. The minimum atomic E-state index is -0.457. The van der Waals surface area contributed by atoms with E-state index in [0.29, 0.717) is 5.69 Å². The molecule has 1 aliphatic rings. The lowest BCUT2D eigenvalue weighted by Crippen LogP contribution is -1.87. The first-order valence-electron chi connectivity index (χ1n) is 5.37. The van der Waals surface area contributed by atoms with Gasteiger partial charge in [0.1, 0.15) is 0 Å². The molecule has 3 rings (SSSR count). The minimum absolute atomic E-state index is 0.457. The summed E-state index contributed by atoms with van der Waals surface area (Å²) in [6.07, 6.45) is 2.17. The van der Waals surface area contributed by atoms with Gasteiger partial charge in [0.05, 0.1) is 5.02 Å². The summed E-state index contributed by atoms with van der Waals surface area (Å²) >= 11 is 6.28. The van der Waals surface area contributed by atoms with E-state index in [4.69, 9.17) is 17.3 Å². The number of hydrogen-bond acceptors (Lipinski definition) is 1. The minimum Gasteiger partial charge on any atom is -0.399 e. The molecule has 0 aromatic heterocycles. The second-order valence-electron chi connectivity index (χ2n) is 3.96. The van der Waals surface area contributed by atoms with Crippen LogP contribution >= 0.6 is 22.5 Å². The summed E-state index contributed by atoms with van der Waals surface area (Å²) < 4.78 is 0. The van der Waals surface area contributed by atoms with Crippen LogP contribution in [0.5, 0.6) is 0 Å². The molecule has 3 heteroatoms. The molecule has 0 spiro atoms. The third kappa shape index (κ3) is 1.84. The number of thiol groups is 1. The Morgan fingerprint density at radius 2 is 1.82 bits per heavy atom. The van der Waals surface area contributed by atoms with Gasteiger partial charge < -0.3 is 5.73 Å². The normalized spacial score (nSPS) is 19.2. The molecule has 1 heterocycles. The van der Waals surface area contributed by atoms with E-state index in [0.717, 1.165) is 5.02 Å². The quantitative estimate of drug-likeness (QED) is 0.580. The van der Waals surface area contributed by atoms with E-state index in [1.54, 1.807) is 0 Å². The standard InChI is InChI=1S/C14H12ClNS/c15-12-9-11(16)5-6-14(12)17-8-7-10-3-1-2-4-13(10)17/h1-9,17H,16H2. The maximum atomic E-state index is 6.28. The molecule has 2 N–H and O–H groups in total. The van der Waals surface area contributed by atoms with Gasteiger partial charge in [-0.15, -0.1) is 0 Å². The zero-order chi connectivity index (χ0) is 11.8. The average Bonchev–Trinajstić information content (AvgIpc) is 2.73. The third-order valence-corrected chi connectivity index (χ3v) is 5.56. The van der Waals surface area contributed by atoms with E-state index in [-0.39, 0.29) is 0 Å². The van der Waals surface area contributed by atoms with Crippen LogP contribution in [0.3, 0.4) is 0 Å². The highest BCUT2D eigenvalue weighted by atomic mass is 35.5. The van der Waals surface area contributed by atoms with Crippen LogP contribution in [-0.4, -0.2) is 0 Å². The fraction of sp³-hybridized carbons (Fsp3) is 0. The van der Waals surface area contributed by atoms with Crippen LogP contribution in [0.2, 0.25) is 5.02 Å². The van der Waals surface area contributed by atoms with Gasteiger partial charge in [-0.2, -0.15) is 10.9 Å². The largest absolute Gasteiger partial charge is 0.399 e. The Balaban J connectivity index is 2.10. The van der Waals surface area contributed by atoms with Gasteiger partial charge >= 0.3 is 0 Å². The summed E-state index contributed by atoms with van der Waals surface area (Å²) in [6.45, 7) is 0. The van der Waals surface area contributed by atoms with Crippen LogP contribution in [0.1, 0.15) is 5.56 Å². The molecule has 1 nitrogen and oxygen atoms in total. The first-order chi connectivity index (χ1) is 8.25. The smallest absolute Gasteiger partial charge is 0.0551 e. The number of halogens is 1. The van der Waals surface area contributed by atoms with Gasteiger partial charge in [0.15, 0.2) is 0 Å². The molecule has 0 aliphatic carbocycles. The fourth-order valence-electron chi connectivity index (χ4n) is 2.01. The van der Waals surface area contributed by atoms with Crippen LogP contribution < -0.4 is 5.73 Å². The first kappa shape index (κ1) is 10.8. The van der Waals surface area contributed by atoms with Gasteiger partial charge in [-0.1, -0.05) is 29.8 Å². The second kappa shape index (κ2) is 4.13. The maximum absolute atomic E-state index is 6.28. The second-order valence-corrected chi connectivity index (χ2v) is 6.36. The summed E-state index contributed by atoms with van der Waals surface area (Å²) in [5, 5.41) is 3.01. The van der Waals surface area contributed by atoms with Crippen molar-refractivity contribution in [3.63, 3.8) is 0 Å². The summed E-state index contributed by atoms with van der Waals surface area (Å²) in [4.78, 5) is 2.55. The van der Waals surface area contributed by atoms with E-state index in [2.05, 4.69) is 35.7 Å². The Labute approximate surface area is 108 Å². The maximum Gasteiger partial charge on any atom is 0.0551 e. The van der Waals surface area contributed by atoms with Crippen LogP contribution in [0.15, 0.2) is 57.7 Å². The average molecular weight is 262 g/mol. The highest BCUT2D eigenvalue weighted by Gasteiger charge is 2.17. The Morgan fingerprint density at radius 1 is 1.00 bits per heavy atom. The van der Waals surface area contributed by atoms with E-state index < -0.39 is 10.9 Å². The number of nitrogen functional groups attached to an aromatic ring is 1. The van der Waals surface area contributed by atoms with E-state index in [1.165, 1.54) is 15.4 Å². The number of anilines is 1. The van der Waals surface area contributed by atoms with Gasteiger partial charge in [0, 0.05) is 15.5 Å². The predicted octanol–water partition coefficient (Wildman–Crippen LogP) is 4.33. The van der Waals surface area contributed by atoms with E-state index in [1.807, 2.05) is 18.2 Å². The number of hydrogen-bond donors (Lipinski definition) is 2. The molecule has 0 amide bonds. The molecule has 0 fully saturated rings. The van der Waals surface area contributed by atoms with Gasteiger partial charge in [0.25, 0.3) is 0 Å². The third-order valence-electron chi connectivity index (χ3n) is 2.83. The van der Waals surface area contributed by atoms with Crippen molar-refractivity contribution in [2.45, 2.75) is 9.79 Å². The van der Waals surface area contributed by atoms with Crippen molar-refractivity contribution in [3.8, 4) is 0 Å². The Kier molecular flexibility index (Phi) is 2.61. The Hall–Kier alpha value is -1.38. The van der Waals surface area contributed by atoms with Crippen LogP contribution in [0.25, 0.3) is 6.08 Å². The van der Waals surface area contributed by atoms with E-state index in [9.17, 15) is 0 Å². The van der Waals surface area contributed by atoms with Crippen molar-refractivity contribution < 1.29 is 0 Å². The lowest BCUT2D eigenvalue weighted by molar-refractivity contribution is 1.39. The van der Waals surface area contributed by atoms with Gasteiger partial charge in [-0.25, -0.2) is 0 Å². The molecular formula is C14H12ClNS. The van der Waals surface area contributed by atoms with Crippen LogP contribution in [0, 0.1) is 0 Å². The van der Waals surface area contributed by atoms with Crippen molar-refractivity contribution in [1.82, 2.24) is 0 Å². The van der Waals surface area contributed by atoms with Gasteiger partial charge in [-0.05, 0) is 41.3 Å². The van der Waals surface area contributed by atoms with Crippen molar-refractivity contribution in [3.05, 3.63) is 58.5 Å². The lowest BCUT2D eigenvalue weighted by Gasteiger charge is -2.17. The number of benzene rings is 2. The Bertz CT molecular complexity index is 607. The first-order valence-corrected chi connectivity index (χ1v) is 7.16. The zero-order valence-corrected chi connectivity index (χ0v) is 10.7. The molecule has 2 aromatic rings. The molecule has 86 valence electrons. The summed E-state index contributed by atoms with van der Waals surface area (Å²) in [6, 6.07) is 14.2. The predicted molar refractivity (Wildman–Crippen MR) is 76.9 cm³/mol. The molecule has 0 bridgehead atoms. The molecule has 1 unspecified atom stereocenters. The van der Waals surface area contributed by atoms with Crippen molar-refractivity contribution in [2.75, 3.05) is 5.73 Å². The van der Waals surface area contributed by atoms with Crippen molar-refractivity contribution in [2.24, 2.45) is 0 Å². The van der Waals surface area contributed by atoms with E-state index >= 15 is 0 Å². The van der Waals surface area contributed by atoms with Gasteiger partial charge in [-0.3, -0.25) is 0 Å². The lowest BCUT2D eigenvalue weighted by atomic mass is 10.2. The Morgan fingerprint density at radius 3 is 2.65 bits per heavy atom. The summed E-state index contributed by atoms with van der Waals surface area (Å²) in [5.41, 5.74) is 7.74. The topological polar surface area (TPSA) is 26.0 Å². The van der Waals surface area contributed by atoms with Crippen LogP contribution in [0.4, 0.5) is 5.69 Å². The van der Waals surface area contributed by atoms with Crippen molar-refractivity contribution in [1.29, 1.82) is 0 Å². The van der Waals surface area contributed by atoms with Crippen molar-refractivity contribution >= 4 is 34.3 Å². The number of nitrogens with two attached hydrogens (primary N) is 1.